The SMILES string of the molecule is CNc1cc(Nc2nccs2)c2ncc(C(=O)Nc3ccncc3F)n2n1. The zero-order valence-electron chi connectivity index (χ0n) is 14.0. The molecule has 4 heterocycles. The molecule has 0 radical (unpaired) electrons. The van der Waals surface area contributed by atoms with Crippen LogP contribution in [0.4, 0.5) is 26.7 Å². The second kappa shape index (κ2) is 6.96. The number of carbonyl (C=O) groups is 1. The van der Waals surface area contributed by atoms with E-state index >= 15 is 0 Å². The van der Waals surface area contributed by atoms with Gasteiger partial charge in [-0.1, -0.05) is 0 Å². The van der Waals surface area contributed by atoms with Gasteiger partial charge in [-0.3, -0.25) is 9.78 Å². The van der Waals surface area contributed by atoms with Gasteiger partial charge in [0, 0.05) is 30.9 Å². The minimum atomic E-state index is -0.630. The summed E-state index contributed by atoms with van der Waals surface area (Å²) in [5.41, 5.74) is 1.24. The van der Waals surface area contributed by atoms with E-state index in [2.05, 4.69) is 36.0 Å². The molecule has 0 aliphatic rings. The summed E-state index contributed by atoms with van der Waals surface area (Å²) in [7, 11) is 1.71. The Balaban J connectivity index is 1.73. The summed E-state index contributed by atoms with van der Waals surface area (Å²) in [6, 6.07) is 3.13. The Morgan fingerprint density at radius 3 is 2.85 bits per heavy atom. The van der Waals surface area contributed by atoms with E-state index in [-0.39, 0.29) is 11.4 Å². The topological polar surface area (TPSA) is 109 Å². The highest BCUT2D eigenvalue weighted by Gasteiger charge is 2.18. The Morgan fingerprint density at radius 2 is 2.11 bits per heavy atom. The molecule has 0 unspecified atom stereocenters. The number of pyridine rings is 1. The van der Waals surface area contributed by atoms with E-state index in [1.54, 1.807) is 19.3 Å². The van der Waals surface area contributed by atoms with Crippen molar-refractivity contribution in [3.05, 3.63) is 53.8 Å². The number of hydrogen-bond acceptors (Lipinski definition) is 8. The Labute approximate surface area is 156 Å². The second-order valence-electron chi connectivity index (χ2n) is 5.34. The van der Waals surface area contributed by atoms with Crippen LogP contribution in [-0.2, 0) is 0 Å². The van der Waals surface area contributed by atoms with Gasteiger partial charge in [0.2, 0.25) is 0 Å². The van der Waals surface area contributed by atoms with Crippen LogP contribution in [0.3, 0.4) is 0 Å². The molecule has 1 amide bonds. The van der Waals surface area contributed by atoms with Gasteiger partial charge in [0.1, 0.15) is 5.82 Å². The highest BCUT2D eigenvalue weighted by molar-refractivity contribution is 7.13. The van der Waals surface area contributed by atoms with Crippen LogP contribution >= 0.6 is 11.3 Å². The molecule has 0 aliphatic heterocycles. The van der Waals surface area contributed by atoms with E-state index in [4.69, 9.17) is 0 Å². The van der Waals surface area contributed by atoms with Crippen molar-refractivity contribution >= 4 is 45.2 Å². The second-order valence-corrected chi connectivity index (χ2v) is 6.24. The average molecular weight is 384 g/mol. The Morgan fingerprint density at radius 1 is 1.22 bits per heavy atom. The minimum absolute atomic E-state index is 0.0239. The molecule has 0 spiro atoms. The fourth-order valence-electron chi connectivity index (χ4n) is 2.40. The highest BCUT2D eigenvalue weighted by Crippen LogP contribution is 2.25. The number of halogens is 1. The van der Waals surface area contributed by atoms with Gasteiger partial charge in [-0.05, 0) is 6.07 Å². The highest BCUT2D eigenvalue weighted by atomic mass is 32.1. The summed E-state index contributed by atoms with van der Waals surface area (Å²) in [5.74, 6) is -0.660. The lowest BCUT2D eigenvalue weighted by Crippen LogP contribution is -2.17. The van der Waals surface area contributed by atoms with Crippen molar-refractivity contribution in [2.75, 3.05) is 23.0 Å². The maximum atomic E-state index is 13.8. The van der Waals surface area contributed by atoms with Crippen molar-refractivity contribution < 1.29 is 9.18 Å². The number of amides is 1. The maximum absolute atomic E-state index is 13.8. The third-order valence-electron chi connectivity index (χ3n) is 3.65. The first kappa shape index (κ1) is 16.8. The van der Waals surface area contributed by atoms with Crippen LogP contribution < -0.4 is 16.0 Å². The molecule has 27 heavy (non-hydrogen) atoms. The molecule has 0 saturated heterocycles. The zero-order valence-corrected chi connectivity index (χ0v) is 14.8. The van der Waals surface area contributed by atoms with Crippen LogP contribution in [0.15, 0.2) is 42.3 Å². The standard InChI is InChI=1S/C16H13FN8OS/c1-18-13-6-11(23-16-20-4-5-27-16)14-21-8-12(25(14)24-13)15(26)22-10-2-3-19-7-9(10)17/h2-8H,1H3,(H,18,24)(H,20,23)(H,19,22,26). The molecular formula is C16H13FN8OS. The summed E-state index contributed by atoms with van der Waals surface area (Å²) in [6.45, 7) is 0. The van der Waals surface area contributed by atoms with Crippen LogP contribution in [-0.4, -0.2) is 37.5 Å². The van der Waals surface area contributed by atoms with Gasteiger partial charge in [-0.25, -0.2) is 18.9 Å². The number of hydrogen-bond donors (Lipinski definition) is 3. The van der Waals surface area contributed by atoms with Crippen molar-refractivity contribution in [2.45, 2.75) is 0 Å². The number of aromatic nitrogens is 5. The molecule has 136 valence electrons. The lowest BCUT2D eigenvalue weighted by Gasteiger charge is -2.09. The number of carbonyl (C=O) groups excluding carboxylic acids is 1. The predicted octanol–water partition coefficient (Wildman–Crippen LogP) is 2.76. The van der Waals surface area contributed by atoms with Gasteiger partial charge in [0.15, 0.2) is 22.3 Å². The largest absolute Gasteiger partial charge is 0.372 e. The maximum Gasteiger partial charge on any atom is 0.276 e. The van der Waals surface area contributed by atoms with Crippen LogP contribution in [0.2, 0.25) is 0 Å². The van der Waals surface area contributed by atoms with Crippen molar-refractivity contribution in [2.24, 2.45) is 0 Å². The summed E-state index contributed by atoms with van der Waals surface area (Å²) < 4.78 is 15.1. The Bertz CT molecular complexity index is 1110. The van der Waals surface area contributed by atoms with E-state index in [0.29, 0.717) is 22.3 Å². The summed E-state index contributed by atoms with van der Waals surface area (Å²) in [4.78, 5) is 24.7. The lowest BCUT2D eigenvalue weighted by atomic mass is 10.3. The van der Waals surface area contributed by atoms with Crippen LogP contribution in [0.5, 0.6) is 0 Å². The number of anilines is 4. The van der Waals surface area contributed by atoms with E-state index in [9.17, 15) is 9.18 Å². The number of nitrogens with zero attached hydrogens (tertiary/aromatic N) is 5. The number of thiazole rings is 1. The first-order valence-electron chi connectivity index (χ1n) is 7.79. The number of fused-ring (bicyclic) bond motifs is 1. The van der Waals surface area contributed by atoms with Crippen molar-refractivity contribution in [3.8, 4) is 0 Å². The summed E-state index contributed by atoms with van der Waals surface area (Å²) in [6.07, 6.45) is 5.47. The van der Waals surface area contributed by atoms with Gasteiger partial charge in [-0.15, -0.1) is 16.4 Å². The molecular weight excluding hydrogens is 371 g/mol. The fourth-order valence-corrected chi connectivity index (χ4v) is 2.94. The normalized spacial score (nSPS) is 10.7. The van der Waals surface area contributed by atoms with Gasteiger partial charge < -0.3 is 16.0 Å². The molecule has 9 nitrogen and oxygen atoms in total. The molecule has 4 aromatic heterocycles. The van der Waals surface area contributed by atoms with Crippen LogP contribution in [0.25, 0.3) is 5.65 Å². The number of nitrogens with one attached hydrogen (secondary N) is 3. The van der Waals surface area contributed by atoms with E-state index in [1.807, 2.05) is 5.38 Å². The number of imidazole rings is 1. The van der Waals surface area contributed by atoms with E-state index in [0.717, 1.165) is 6.20 Å². The quantitative estimate of drug-likeness (QED) is 0.485. The minimum Gasteiger partial charge on any atom is -0.372 e. The van der Waals surface area contributed by atoms with Crippen LogP contribution in [0.1, 0.15) is 10.5 Å². The third kappa shape index (κ3) is 3.27. The van der Waals surface area contributed by atoms with E-state index < -0.39 is 11.7 Å². The molecule has 3 N–H and O–H groups in total. The smallest absolute Gasteiger partial charge is 0.276 e. The molecule has 0 saturated carbocycles. The molecule has 0 aliphatic carbocycles. The monoisotopic (exact) mass is 384 g/mol. The molecule has 4 aromatic rings. The summed E-state index contributed by atoms with van der Waals surface area (Å²) in [5, 5.41) is 15.5. The first-order chi connectivity index (χ1) is 13.2. The molecule has 11 heteroatoms. The van der Waals surface area contributed by atoms with E-state index in [1.165, 1.54) is 34.3 Å². The predicted molar refractivity (Wildman–Crippen MR) is 100 cm³/mol. The van der Waals surface area contributed by atoms with Gasteiger partial charge in [-0.2, -0.15) is 0 Å². The Hall–Kier alpha value is -3.60. The lowest BCUT2D eigenvalue weighted by molar-refractivity contribution is 0.102. The van der Waals surface area contributed by atoms with Gasteiger partial charge in [0.05, 0.1) is 23.8 Å². The molecule has 4 rings (SSSR count). The van der Waals surface area contributed by atoms with Gasteiger partial charge >= 0.3 is 0 Å². The number of rotatable bonds is 5. The van der Waals surface area contributed by atoms with Crippen molar-refractivity contribution in [3.63, 3.8) is 0 Å². The summed E-state index contributed by atoms with van der Waals surface area (Å²) >= 11 is 1.43. The zero-order chi connectivity index (χ0) is 18.8. The van der Waals surface area contributed by atoms with Crippen LogP contribution in [0, 0.1) is 5.82 Å². The molecule has 0 atom stereocenters. The average Bonchev–Trinajstić information content (AvgIpc) is 3.33. The molecule has 0 bridgehead atoms. The first-order valence-corrected chi connectivity index (χ1v) is 8.67. The van der Waals surface area contributed by atoms with Crippen molar-refractivity contribution in [1.29, 1.82) is 0 Å². The van der Waals surface area contributed by atoms with Gasteiger partial charge in [0.25, 0.3) is 5.91 Å². The molecule has 0 aromatic carbocycles. The van der Waals surface area contributed by atoms with Crippen molar-refractivity contribution in [1.82, 2.24) is 24.6 Å². The fraction of sp³-hybridized carbons (Fsp3) is 0.0625. The third-order valence-corrected chi connectivity index (χ3v) is 4.34. The molecule has 0 fully saturated rings. The Kier molecular flexibility index (Phi) is 4.34.